The molecule has 0 radical (unpaired) electrons. The summed E-state index contributed by atoms with van der Waals surface area (Å²) in [6, 6.07) is 7.71. The molecule has 0 heterocycles. The third-order valence-corrected chi connectivity index (χ3v) is 5.11. The van der Waals surface area contributed by atoms with E-state index in [1.54, 1.807) is 6.92 Å². The number of unbranched alkanes of at least 4 members (excludes halogenated alkanes) is 4. The van der Waals surface area contributed by atoms with Crippen molar-refractivity contribution < 1.29 is 24.2 Å². The molecule has 0 amide bonds. The summed E-state index contributed by atoms with van der Waals surface area (Å²) in [5.74, 6) is -0.846. The highest BCUT2D eigenvalue weighted by Crippen LogP contribution is 2.34. The molecule has 0 aliphatic carbocycles. The molecule has 0 saturated carbocycles. The lowest BCUT2D eigenvalue weighted by Crippen LogP contribution is -2.42. The van der Waals surface area contributed by atoms with Gasteiger partial charge in [-0.15, -0.1) is 0 Å². The van der Waals surface area contributed by atoms with Gasteiger partial charge in [-0.2, -0.15) is 0 Å². The normalized spacial score (nSPS) is 13.1. The Labute approximate surface area is 175 Å². The number of carboxylic acid groups (broad SMARTS) is 1. The van der Waals surface area contributed by atoms with Gasteiger partial charge in [0.2, 0.25) is 0 Å². The second-order valence-corrected chi connectivity index (χ2v) is 8.11. The van der Waals surface area contributed by atoms with E-state index < -0.39 is 17.4 Å². The Morgan fingerprint density at radius 2 is 1.69 bits per heavy atom. The molecule has 1 N–H and O–H groups in total. The fourth-order valence-electron chi connectivity index (χ4n) is 3.54. The predicted molar refractivity (Wildman–Crippen MR) is 115 cm³/mol. The fourth-order valence-corrected chi connectivity index (χ4v) is 3.54. The molecular weight excluding hydrogens is 368 g/mol. The van der Waals surface area contributed by atoms with Crippen LogP contribution in [0.15, 0.2) is 24.3 Å². The van der Waals surface area contributed by atoms with Crippen molar-refractivity contribution in [3.63, 3.8) is 0 Å². The van der Waals surface area contributed by atoms with Crippen LogP contribution in [0, 0.1) is 11.3 Å². The van der Waals surface area contributed by atoms with Crippen LogP contribution in [0.2, 0.25) is 0 Å². The van der Waals surface area contributed by atoms with Crippen molar-refractivity contribution in [3.8, 4) is 5.75 Å². The van der Waals surface area contributed by atoms with Gasteiger partial charge in [-0.25, -0.2) is 0 Å². The van der Waals surface area contributed by atoms with E-state index in [0.717, 1.165) is 17.7 Å². The summed E-state index contributed by atoms with van der Waals surface area (Å²) in [4.78, 5) is 24.5. The minimum absolute atomic E-state index is 0.0728. The molecule has 164 valence electrons. The molecule has 0 fully saturated rings. The number of benzene rings is 1. The van der Waals surface area contributed by atoms with Crippen LogP contribution in [0.1, 0.15) is 78.2 Å². The van der Waals surface area contributed by atoms with Gasteiger partial charge in [0.25, 0.3) is 0 Å². The van der Waals surface area contributed by atoms with Crippen molar-refractivity contribution in [2.75, 3.05) is 13.2 Å². The van der Waals surface area contributed by atoms with Gasteiger partial charge in [0.1, 0.15) is 5.75 Å². The van der Waals surface area contributed by atoms with E-state index in [2.05, 4.69) is 6.92 Å². The Kier molecular flexibility index (Phi) is 11.4. The van der Waals surface area contributed by atoms with Gasteiger partial charge in [0.15, 0.2) is 5.41 Å². The molecule has 29 heavy (non-hydrogen) atoms. The molecule has 0 bridgehead atoms. The number of aryl methyl sites for hydroxylation is 1. The number of hydrogen-bond acceptors (Lipinski definition) is 4. The molecule has 1 rings (SSSR count). The smallest absolute Gasteiger partial charge is 0.323 e. The topological polar surface area (TPSA) is 72.8 Å². The highest BCUT2D eigenvalue weighted by atomic mass is 16.5. The molecule has 1 unspecified atom stereocenters. The Morgan fingerprint density at radius 1 is 1.03 bits per heavy atom. The van der Waals surface area contributed by atoms with Gasteiger partial charge >= 0.3 is 11.9 Å². The van der Waals surface area contributed by atoms with Gasteiger partial charge in [-0.1, -0.05) is 58.6 Å². The third-order valence-electron chi connectivity index (χ3n) is 5.11. The molecule has 1 aromatic rings. The van der Waals surface area contributed by atoms with Crippen LogP contribution in [-0.2, 0) is 20.7 Å². The van der Waals surface area contributed by atoms with E-state index in [0.29, 0.717) is 13.0 Å². The molecule has 0 aliphatic rings. The van der Waals surface area contributed by atoms with E-state index in [1.807, 2.05) is 38.1 Å². The molecule has 5 nitrogen and oxygen atoms in total. The number of carboxylic acids is 1. The molecule has 0 saturated heterocycles. The number of aliphatic carboxylic acids is 1. The zero-order valence-electron chi connectivity index (χ0n) is 18.5. The lowest BCUT2D eigenvalue weighted by Gasteiger charge is -2.28. The first-order chi connectivity index (χ1) is 13.9. The predicted octanol–water partition coefficient (Wildman–Crippen LogP) is 5.65. The minimum Gasteiger partial charge on any atom is -0.494 e. The van der Waals surface area contributed by atoms with Crippen molar-refractivity contribution >= 4 is 11.9 Å². The van der Waals surface area contributed by atoms with E-state index in [4.69, 9.17) is 9.47 Å². The summed E-state index contributed by atoms with van der Waals surface area (Å²) < 4.78 is 10.9. The maximum absolute atomic E-state index is 12.5. The summed E-state index contributed by atoms with van der Waals surface area (Å²) in [7, 11) is 0. The SMILES string of the molecule is CCCCCCCOc1ccc(CCC(CC(C)C)(C(=O)O)C(=O)OCC)cc1. The summed E-state index contributed by atoms with van der Waals surface area (Å²) in [6.45, 7) is 8.63. The summed E-state index contributed by atoms with van der Waals surface area (Å²) in [5.41, 5.74) is -0.517. The van der Waals surface area contributed by atoms with Crippen LogP contribution >= 0.6 is 0 Å². The second-order valence-electron chi connectivity index (χ2n) is 8.11. The Morgan fingerprint density at radius 3 is 2.24 bits per heavy atom. The first kappa shape index (κ1) is 25.0. The van der Waals surface area contributed by atoms with Gasteiger partial charge in [0.05, 0.1) is 13.2 Å². The molecule has 0 spiro atoms. The van der Waals surface area contributed by atoms with Gasteiger partial charge in [0, 0.05) is 0 Å². The van der Waals surface area contributed by atoms with Gasteiger partial charge < -0.3 is 14.6 Å². The van der Waals surface area contributed by atoms with Crippen LogP contribution in [-0.4, -0.2) is 30.3 Å². The maximum atomic E-state index is 12.5. The van der Waals surface area contributed by atoms with E-state index in [-0.39, 0.29) is 25.4 Å². The molecule has 1 atom stereocenters. The van der Waals surface area contributed by atoms with Crippen LogP contribution in [0.5, 0.6) is 5.75 Å². The van der Waals surface area contributed by atoms with Gasteiger partial charge in [-0.3, -0.25) is 9.59 Å². The van der Waals surface area contributed by atoms with Crippen molar-refractivity contribution in [1.82, 2.24) is 0 Å². The minimum atomic E-state index is -1.50. The van der Waals surface area contributed by atoms with Crippen molar-refractivity contribution in [2.45, 2.75) is 79.1 Å². The number of rotatable bonds is 15. The summed E-state index contributed by atoms with van der Waals surface area (Å²) >= 11 is 0. The second kappa shape index (κ2) is 13.2. The zero-order chi connectivity index (χ0) is 21.7. The van der Waals surface area contributed by atoms with E-state index >= 15 is 0 Å². The number of carbonyl (C=O) groups excluding carboxylic acids is 1. The third kappa shape index (κ3) is 8.46. The zero-order valence-corrected chi connectivity index (χ0v) is 18.5. The largest absolute Gasteiger partial charge is 0.494 e. The highest BCUT2D eigenvalue weighted by molar-refractivity contribution is 5.99. The van der Waals surface area contributed by atoms with Crippen molar-refractivity contribution in [2.24, 2.45) is 11.3 Å². The number of ether oxygens (including phenoxy) is 2. The molecule has 0 aromatic heterocycles. The van der Waals surface area contributed by atoms with Crippen LogP contribution < -0.4 is 4.74 Å². The Bertz CT molecular complexity index is 608. The van der Waals surface area contributed by atoms with Crippen LogP contribution in [0.25, 0.3) is 0 Å². The average Bonchev–Trinajstić information content (AvgIpc) is 2.68. The van der Waals surface area contributed by atoms with Crippen LogP contribution in [0.4, 0.5) is 0 Å². The monoisotopic (exact) mass is 406 g/mol. The lowest BCUT2D eigenvalue weighted by atomic mass is 9.75. The first-order valence-corrected chi connectivity index (χ1v) is 11.0. The molecule has 1 aromatic carbocycles. The van der Waals surface area contributed by atoms with E-state index in [1.165, 1.54) is 25.7 Å². The fraction of sp³-hybridized carbons (Fsp3) is 0.667. The first-order valence-electron chi connectivity index (χ1n) is 11.0. The maximum Gasteiger partial charge on any atom is 0.323 e. The summed E-state index contributed by atoms with van der Waals surface area (Å²) in [5, 5.41) is 9.85. The summed E-state index contributed by atoms with van der Waals surface area (Å²) in [6.07, 6.45) is 6.98. The molecular formula is C24H38O5. The van der Waals surface area contributed by atoms with Crippen LogP contribution in [0.3, 0.4) is 0 Å². The Hall–Kier alpha value is -2.04. The standard InChI is InChI=1S/C24H38O5/c1-5-7-8-9-10-17-29-21-13-11-20(12-14-21)15-16-24(22(25)26,18-19(3)4)23(27)28-6-2/h11-14,19H,5-10,15-18H2,1-4H3,(H,25,26). The number of hydrogen-bond donors (Lipinski definition) is 1. The molecule has 5 heteroatoms. The number of esters is 1. The van der Waals surface area contributed by atoms with E-state index in [9.17, 15) is 14.7 Å². The van der Waals surface area contributed by atoms with Crippen molar-refractivity contribution in [3.05, 3.63) is 29.8 Å². The highest BCUT2D eigenvalue weighted by Gasteiger charge is 2.47. The molecule has 0 aliphatic heterocycles. The number of carbonyl (C=O) groups is 2. The average molecular weight is 407 g/mol. The van der Waals surface area contributed by atoms with Gasteiger partial charge in [-0.05, 0) is 56.2 Å². The Balaban J connectivity index is 2.67. The van der Waals surface area contributed by atoms with Crippen molar-refractivity contribution in [1.29, 1.82) is 0 Å². The quantitative estimate of drug-likeness (QED) is 0.231. The lowest BCUT2D eigenvalue weighted by molar-refractivity contribution is -0.170.